The minimum atomic E-state index is 0.188. The Balaban J connectivity index is 1.69. The molecule has 2 rings (SSSR count). The zero-order valence-corrected chi connectivity index (χ0v) is 13.6. The standard InChI is InChI=1S/C19H31NO/c1-2-3-4-5-6-7-8-11-18(20)16-12-13-19-17(15-16)10-9-14-21-19/h12-13,15,18H,2-11,14,20H2,1H3. The molecule has 0 amide bonds. The molecule has 0 radical (unpaired) electrons. The van der Waals surface area contributed by atoms with Crippen molar-refractivity contribution in [1.29, 1.82) is 0 Å². The van der Waals surface area contributed by atoms with E-state index in [0.717, 1.165) is 31.6 Å². The van der Waals surface area contributed by atoms with Crippen LogP contribution in [-0.2, 0) is 6.42 Å². The van der Waals surface area contributed by atoms with Crippen LogP contribution in [0.15, 0.2) is 18.2 Å². The molecule has 2 N–H and O–H groups in total. The molecular formula is C19H31NO. The summed E-state index contributed by atoms with van der Waals surface area (Å²) in [4.78, 5) is 0. The van der Waals surface area contributed by atoms with Crippen LogP contribution in [0.1, 0.15) is 81.9 Å². The quantitative estimate of drug-likeness (QED) is 0.638. The number of rotatable bonds is 9. The highest BCUT2D eigenvalue weighted by molar-refractivity contribution is 5.39. The highest BCUT2D eigenvalue weighted by Crippen LogP contribution is 2.28. The van der Waals surface area contributed by atoms with Gasteiger partial charge in [0.2, 0.25) is 0 Å². The Morgan fingerprint density at radius 1 is 1.10 bits per heavy atom. The number of aryl methyl sites for hydroxylation is 1. The van der Waals surface area contributed by atoms with E-state index in [-0.39, 0.29) is 6.04 Å². The third-order valence-electron chi connectivity index (χ3n) is 4.48. The van der Waals surface area contributed by atoms with E-state index in [9.17, 15) is 0 Å². The van der Waals surface area contributed by atoms with Gasteiger partial charge >= 0.3 is 0 Å². The van der Waals surface area contributed by atoms with Gasteiger partial charge in [-0.3, -0.25) is 0 Å². The minimum absolute atomic E-state index is 0.188. The van der Waals surface area contributed by atoms with Crippen LogP contribution in [0.2, 0.25) is 0 Å². The van der Waals surface area contributed by atoms with E-state index in [4.69, 9.17) is 10.5 Å². The Labute approximate surface area is 130 Å². The molecule has 1 aromatic rings. The van der Waals surface area contributed by atoms with Gasteiger partial charge in [0.1, 0.15) is 5.75 Å². The number of hydrogen-bond acceptors (Lipinski definition) is 2. The second-order valence-electron chi connectivity index (χ2n) is 6.34. The van der Waals surface area contributed by atoms with Crippen molar-refractivity contribution in [3.63, 3.8) is 0 Å². The number of benzene rings is 1. The molecule has 2 nitrogen and oxygen atoms in total. The van der Waals surface area contributed by atoms with Gasteiger partial charge in [0.25, 0.3) is 0 Å². The first-order chi connectivity index (χ1) is 10.3. The van der Waals surface area contributed by atoms with Crippen molar-refractivity contribution in [2.24, 2.45) is 5.73 Å². The first-order valence-electron chi connectivity index (χ1n) is 8.82. The molecule has 118 valence electrons. The Morgan fingerprint density at radius 3 is 2.67 bits per heavy atom. The third-order valence-corrected chi connectivity index (χ3v) is 4.48. The van der Waals surface area contributed by atoms with E-state index in [1.807, 2.05) is 0 Å². The second-order valence-corrected chi connectivity index (χ2v) is 6.34. The minimum Gasteiger partial charge on any atom is -0.493 e. The first-order valence-corrected chi connectivity index (χ1v) is 8.82. The lowest BCUT2D eigenvalue weighted by Crippen LogP contribution is -2.13. The van der Waals surface area contributed by atoms with Crippen LogP contribution < -0.4 is 10.5 Å². The zero-order valence-electron chi connectivity index (χ0n) is 13.6. The molecule has 21 heavy (non-hydrogen) atoms. The van der Waals surface area contributed by atoms with Gasteiger partial charge in [0, 0.05) is 6.04 Å². The molecule has 1 atom stereocenters. The fourth-order valence-corrected chi connectivity index (χ4v) is 3.10. The summed E-state index contributed by atoms with van der Waals surface area (Å²) in [5.41, 5.74) is 8.97. The van der Waals surface area contributed by atoms with Crippen molar-refractivity contribution in [2.75, 3.05) is 6.61 Å². The summed E-state index contributed by atoms with van der Waals surface area (Å²) >= 11 is 0. The van der Waals surface area contributed by atoms with E-state index in [1.165, 1.54) is 56.1 Å². The first kappa shape index (κ1) is 16.4. The number of unbranched alkanes of at least 4 members (excludes halogenated alkanes) is 6. The van der Waals surface area contributed by atoms with Crippen molar-refractivity contribution in [3.8, 4) is 5.75 Å². The van der Waals surface area contributed by atoms with Gasteiger partial charge in [-0.15, -0.1) is 0 Å². The van der Waals surface area contributed by atoms with Crippen molar-refractivity contribution >= 4 is 0 Å². The molecule has 1 aromatic carbocycles. The predicted molar refractivity (Wildman–Crippen MR) is 89.8 cm³/mol. The highest BCUT2D eigenvalue weighted by atomic mass is 16.5. The number of fused-ring (bicyclic) bond motifs is 1. The summed E-state index contributed by atoms with van der Waals surface area (Å²) in [5.74, 6) is 1.06. The molecule has 0 aromatic heterocycles. The largest absolute Gasteiger partial charge is 0.493 e. The zero-order chi connectivity index (χ0) is 14.9. The highest BCUT2D eigenvalue weighted by Gasteiger charge is 2.13. The Hall–Kier alpha value is -1.02. The van der Waals surface area contributed by atoms with Crippen LogP contribution in [0, 0.1) is 0 Å². The van der Waals surface area contributed by atoms with Gasteiger partial charge in [-0.25, -0.2) is 0 Å². The van der Waals surface area contributed by atoms with Crippen molar-refractivity contribution in [1.82, 2.24) is 0 Å². The Morgan fingerprint density at radius 2 is 1.86 bits per heavy atom. The summed E-state index contributed by atoms with van der Waals surface area (Å²) in [6.45, 7) is 3.12. The molecular weight excluding hydrogens is 258 g/mol. The van der Waals surface area contributed by atoms with Gasteiger partial charge in [-0.05, 0) is 36.5 Å². The smallest absolute Gasteiger partial charge is 0.122 e. The predicted octanol–water partition coefficient (Wildman–Crippen LogP) is 5.15. The number of nitrogens with two attached hydrogens (primary N) is 1. The monoisotopic (exact) mass is 289 g/mol. The molecule has 0 saturated carbocycles. The fourth-order valence-electron chi connectivity index (χ4n) is 3.10. The van der Waals surface area contributed by atoms with Gasteiger partial charge in [0.15, 0.2) is 0 Å². The molecule has 0 aliphatic carbocycles. The van der Waals surface area contributed by atoms with Gasteiger partial charge in [-0.1, -0.05) is 64.0 Å². The van der Waals surface area contributed by atoms with Gasteiger partial charge in [0.05, 0.1) is 6.61 Å². The molecule has 1 aliphatic rings. The van der Waals surface area contributed by atoms with Crippen LogP contribution in [0.3, 0.4) is 0 Å². The lowest BCUT2D eigenvalue weighted by molar-refractivity contribution is 0.288. The maximum absolute atomic E-state index is 6.35. The van der Waals surface area contributed by atoms with E-state index >= 15 is 0 Å². The third kappa shape index (κ3) is 5.35. The van der Waals surface area contributed by atoms with Crippen molar-refractivity contribution in [3.05, 3.63) is 29.3 Å². The number of hydrogen-bond donors (Lipinski definition) is 1. The van der Waals surface area contributed by atoms with Crippen LogP contribution in [0.5, 0.6) is 5.75 Å². The number of ether oxygens (including phenoxy) is 1. The summed E-state index contributed by atoms with van der Waals surface area (Å²) in [7, 11) is 0. The van der Waals surface area contributed by atoms with E-state index in [1.54, 1.807) is 0 Å². The molecule has 1 unspecified atom stereocenters. The normalized spacial score (nSPS) is 15.3. The molecule has 0 saturated heterocycles. The Bertz CT molecular complexity index is 416. The summed E-state index contributed by atoms with van der Waals surface area (Å²) in [6.07, 6.45) is 12.8. The fraction of sp³-hybridized carbons (Fsp3) is 0.684. The van der Waals surface area contributed by atoms with E-state index in [2.05, 4.69) is 25.1 Å². The van der Waals surface area contributed by atoms with Crippen LogP contribution in [0.25, 0.3) is 0 Å². The summed E-state index contributed by atoms with van der Waals surface area (Å²) < 4.78 is 5.66. The van der Waals surface area contributed by atoms with Crippen LogP contribution >= 0.6 is 0 Å². The average Bonchev–Trinajstić information content (AvgIpc) is 2.53. The summed E-state index contributed by atoms with van der Waals surface area (Å²) in [6, 6.07) is 6.71. The molecule has 1 aliphatic heterocycles. The van der Waals surface area contributed by atoms with Crippen LogP contribution in [-0.4, -0.2) is 6.61 Å². The lowest BCUT2D eigenvalue weighted by Gasteiger charge is -2.20. The Kier molecular flexibility index (Phi) is 7.08. The molecule has 2 heteroatoms. The lowest BCUT2D eigenvalue weighted by atomic mass is 9.96. The van der Waals surface area contributed by atoms with Gasteiger partial charge < -0.3 is 10.5 Å². The average molecular weight is 289 g/mol. The molecule has 0 bridgehead atoms. The topological polar surface area (TPSA) is 35.2 Å². The van der Waals surface area contributed by atoms with Crippen molar-refractivity contribution in [2.45, 2.75) is 77.2 Å². The maximum Gasteiger partial charge on any atom is 0.122 e. The SMILES string of the molecule is CCCCCCCCCC(N)c1ccc2c(c1)CCCO2. The molecule has 1 heterocycles. The molecule has 0 spiro atoms. The van der Waals surface area contributed by atoms with Crippen LogP contribution in [0.4, 0.5) is 0 Å². The van der Waals surface area contributed by atoms with Crippen molar-refractivity contribution < 1.29 is 4.74 Å². The van der Waals surface area contributed by atoms with Gasteiger partial charge in [-0.2, -0.15) is 0 Å². The second kappa shape index (κ2) is 9.09. The van der Waals surface area contributed by atoms with E-state index in [0.29, 0.717) is 0 Å². The van der Waals surface area contributed by atoms with E-state index < -0.39 is 0 Å². The molecule has 0 fully saturated rings. The maximum atomic E-state index is 6.35. The summed E-state index contributed by atoms with van der Waals surface area (Å²) in [5, 5.41) is 0.